The molecule has 2 atom stereocenters. The number of nitrogens with one attached hydrogen (secondary N) is 1. The summed E-state index contributed by atoms with van der Waals surface area (Å²) in [5.41, 5.74) is 6.16. The molecule has 1 aromatic carbocycles. The molecule has 6 nitrogen and oxygen atoms in total. The largest absolute Gasteiger partial charge is 0.477 e. The van der Waals surface area contributed by atoms with Crippen LogP contribution >= 0.6 is 11.3 Å². The summed E-state index contributed by atoms with van der Waals surface area (Å²) >= 11 is 1.60. The Morgan fingerprint density at radius 3 is 2.88 bits per heavy atom. The van der Waals surface area contributed by atoms with Crippen molar-refractivity contribution in [2.75, 3.05) is 18.0 Å². The van der Waals surface area contributed by atoms with Crippen LogP contribution in [0.3, 0.4) is 0 Å². The van der Waals surface area contributed by atoms with E-state index in [1.807, 2.05) is 47.5 Å². The number of thiophene rings is 1. The summed E-state index contributed by atoms with van der Waals surface area (Å²) in [7, 11) is 0. The molecular weight excluding hydrogens is 326 g/mol. The lowest BCUT2D eigenvalue weighted by atomic mass is 10.1. The molecular formula is C17H19N3O3S. The first-order chi connectivity index (χ1) is 11.5. The Morgan fingerprint density at radius 2 is 2.17 bits per heavy atom. The van der Waals surface area contributed by atoms with Gasteiger partial charge in [0.25, 0.3) is 5.91 Å². The van der Waals surface area contributed by atoms with E-state index in [2.05, 4.69) is 5.32 Å². The van der Waals surface area contributed by atoms with Gasteiger partial charge in [-0.3, -0.25) is 9.59 Å². The SMILES string of the molecule is CC(NC(=O)CN1CC(C(N)=O)Oc2ccccc21)c1cccs1. The molecule has 24 heavy (non-hydrogen) atoms. The second-order valence-corrected chi connectivity index (χ2v) is 6.64. The number of hydrogen-bond donors (Lipinski definition) is 2. The molecule has 1 aliphatic rings. The van der Waals surface area contributed by atoms with Crippen molar-refractivity contribution in [3.05, 3.63) is 46.7 Å². The van der Waals surface area contributed by atoms with Gasteiger partial charge in [0, 0.05) is 4.88 Å². The number of nitrogens with two attached hydrogens (primary N) is 1. The van der Waals surface area contributed by atoms with Gasteiger partial charge in [0.1, 0.15) is 5.75 Å². The maximum atomic E-state index is 12.4. The first kappa shape index (κ1) is 16.3. The number of amides is 2. The summed E-state index contributed by atoms with van der Waals surface area (Å²) in [5, 5.41) is 4.96. The number of anilines is 1. The Bertz CT molecular complexity index is 732. The smallest absolute Gasteiger partial charge is 0.260 e. The summed E-state index contributed by atoms with van der Waals surface area (Å²) in [6.07, 6.45) is -0.762. The number of ether oxygens (including phenoxy) is 1. The van der Waals surface area contributed by atoms with Crippen LogP contribution in [0.15, 0.2) is 41.8 Å². The number of rotatable bonds is 5. The number of para-hydroxylation sites is 2. The fourth-order valence-corrected chi connectivity index (χ4v) is 3.41. The number of carbonyl (C=O) groups is 2. The predicted molar refractivity (Wildman–Crippen MR) is 93.1 cm³/mol. The van der Waals surface area contributed by atoms with Crippen molar-refractivity contribution in [3.8, 4) is 5.75 Å². The summed E-state index contributed by atoms with van der Waals surface area (Å²) < 4.78 is 5.60. The molecule has 0 saturated carbocycles. The van der Waals surface area contributed by atoms with Crippen molar-refractivity contribution in [2.24, 2.45) is 5.73 Å². The molecule has 0 bridgehead atoms. The highest BCUT2D eigenvalue weighted by atomic mass is 32.1. The molecule has 2 unspecified atom stereocenters. The van der Waals surface area contributed by atoms with Gasteiger partial charge >= 0.3 is 0 Å². The minimum atomic E-state index is -0.762. The van der Waals surface area contributed by atoms with Crippen molar-refractivity contribution < 1.29 is 14.3 Å². The molecule has 1 aliphatic heterocycles. The number of benzene rings is 1. The number of fused-ring (bicyclic) bond motifs is 1. The highest BCUT2D eigenvalue weighted by Crippen LogP contribution is 2.32. The van der Waals surface area contributed by atoms with Crippen molar-refractivity contribution in [3.63, 3.8) is 0 Å². The third-order valence-electron chi connectivity index (χ3n) is 3.86. The lowest BCUT2D eigenvalue weighted by Gasteiger charge is -2.34. The fraction of sp³-hybridized carbons (Fsp3) is 0.294. The van der Waals surface area contributed by atoms with Crippen LogP contribution < -0.4 is 20.7 Å². The third kappa shape index (κ3) is 3.51. The zero-order chi connectivity index (χ0) is 17.1. The maximum absolute atomic E-state index is 12.4. The van der Waals surface area contributed by atoms with E-state index in [4.69, 9.17) is 10.5 Å². The topological polar surface area (TPSA) is 84.7 Å². The number of hydrogen-bond acceptors (Lipinski definition) is 5. The monoisotopic (exact) mass is 345 g/mol. The molecule has 3 N–H and O–H groups in total. The predicted octanol–water partition coefficient (Wildman–Crippen LogP) is 1.68. The number of primary amides is 1. The van der Waals surface area contributed by atoms with Gasteiger partial charge in [-0.1, -0.05) is 18.2 Å². The average molecular weight is 345 g/mol. The summed E-state index contributed by atoms with van der Waals surface area (Å²) in [5.74, 6) is -0.0932. The van der Waals surface area contributed by atoms with Gasteiger partial charge in [0.15, 0.2) is 6.10 Å². The van der Waals surface area contributed by atoms with Crippen LogP contribution in [0.25, 0.3) is 0 Å². The summed E-state index contributed by atoms with van der Waals surface area (Å²) in [6.45, 7) is 2.34. The molecule has 0 aliphatic carbocycles. The molecule has 2 heterocycles. The molecule has 2 amide bonds. The minimum Gasteiger partial charge on any atom is -0.477 e. The highest BCUT2D eigenvalue weighted by molar-refractivity contribution is 7.10. The molecule has 0 saturated heterocycles. The Hall–Kier alpha value is -2.54. The Kier molecular flexibility index (Phi) is 4.71. The van der Waals surface area contributed by atoms with Gasteiger partial charge in [-0.05, 0) is 30.5 Å². The second kappa shape index (κ2) is 6.92. The normalized spacial score (nSPS) is 17.5. The van der Waals surface area contributed by atoms with E-state index in [0.29, 0.717) is 5.75 Å². The maximum Gasteiger partial charge on any atom is 0.260 e. The molecule has 1 aromatic heterocycles. The van der Waals surface area contributed by atoms with Gasteiger partial charge in [-0.25, -0.2) is 0 Å². The minimum absolute atomic E-state index is 0.0549. The molecule has 0 fully saturated rings. The van der Waals surface area contributed by atoms with Crippen LogP contribution in [0.4, 0.5) is 5.69 Å². The van der Waals surface area contributed by atoms with Crippen LogP contribution in [-0.4, -0.2) is 31.0 Å². The van der Waals surface area contributed by atoms with Crippen molar-refractivity contribution >= 4 is 28.8 Å². The number of carbonyl (C=O) groups excluding carboxylic acids is 2. The lowest BCUT2D eigenvalue weighted by molar-refractivity contribution is -0.125. The molecule has 0 radical (unpaired) electrons. The fourth-order valence-electron chi connectivity index (χ4n) is 2.67. The van der Waals surface area contributed by atoms with Crippen molar-refractivity contribution in [1.82, 2.24) is 5.32 Å². The number of nitrogens with zero attached hydrogens (tertiary/aromatic N) is 1. The van der Waals surface area contributed by atoms with Gasteiger partial charge in [0.2, 0.25) is 5.91 Å². The average Bonchev–Trinajstić information content (AvgIpc) is 3.09. The molecule has 126 valence electrons. The summed E-state index contributed by atoms with van der Waals surface area (Å²) in [4.78, 5) is 26.8. The highest BCUT2D eigenvalue weighted by Gasteiger charge is 2.30. The van der Waals surface area contributed by atoms with E-state index in [9.17, 15) is 9.59 Å². The molecule has 3 rings (SSSR count). The third-order valence-corrected chi connectivity index (χ3v) is 4.92. The van der Waals surface area contributed by atoms with E-state index in [1.165, 1.54) is 0 Å². The standard InChI is InChI=1S/C17H19N3O3S/c1-11(15-7-4-8-24-15)19-16(21)10-20-9-14(17(18)22)23-13-6-3-2-5-12(13)20/h2-8,11,14H,9-10H2,1H3,(H2,18,22)(H,19,21). The van der Waals surface area contributed by atoms with Crippen LogP contribution in [0.5, 0.6) is 5.75 Å². The van der Waals surface area contributed by atoms with Crippen molar-refractivity contribution in [2.45, 2.75) is 19.1 Å². The molecule has 0 spiro atoms. The van der Waals surface area contributed by atoms with E-state index in [1.54, 1.807) is 17.4 Å². The van der Waals surface area contributed by atoms with Crippen LogP contribution in [0, 0.1) is 0 Å². The Balaban J connectivity index is 1.71. The van der Waals surface area contributed by atoms with E-state index in [0.717, 1.165) is 10.6 Å². The first-order valence-electron chi connectivity index (χ1n) is 7.67. The molecule has 2 aromatic rings. The Morgan fingerprint density at radius 1 is 1.38 bits per heavy atom. The second-order valence-electron chi connectivity index (χ2n) is 5.66. The van der Waals surface area contributed by atoms with E-state index >= 15 is 0 Å². The summed E-state index contributed by atoms with van der Waals surface area (Å²) in [6, 6.07) is 11.2. The van der Waals surface area contributed by atoms with Crippen LogP contribution in [0.2, 0.25) is 0 Å². The van der Waals surface area contributed by atoms with Gasteiger partial charge in [-0.15, -0.1) is 11.3 Å². The van der Waals surface area contributed by atoms with Gasteiger partial charge < -0.3 is 20.7 Å². The zero-order valence-electron chi connectivity index (χ0n) is 13.3. The van der Waals surface area contributed by atoms with Gasteiger partial charge in [0.05, 0.1) is 24.8 Å². The van der Waals surface area contributed by atoms with Crippen molar-refractivity contribution in [1.29, 1.82) is 0 Å². The van der Waals surface area contributed by atoms with E-state index < -0.39 is 12.0 Å². The van der Waals surface area contributed by atoms with Gasteiger partial charge in [-0.2, -0.15) is 0 Å². The lowest BCUT2D eigenvalue weighted by Crippen LogP contribution is -2.50. The Labute approximate surface area is 144 Å². The zero-order valence-corrected chi connectivity index (χ0v) is 14.1. The van der Waals surface area contributed by atoms with Crippen LogP contribution in [0.1, 0.15) is 17.8 Å². The first-order valence-corrected chi connectivity index (χ1v) is 8.55. The molecule has 7 heteroatoms. The quantitative estimate of drug-likeness (QED) is 0.863. The van der Waals surface area contributed by atoms with E-state index in [-0.39, 0.29) is 25.0 Å². The van der Waals surface area contributed by atoms with Crippen LogP contribution in [-0.2, 0) is 9.59 Å².